The predicted molar refractivity (Wildman–Crippen MR) is 176 cm³/mol. The Balaban J connectivity index is 1.44. The van der Waals surface area contributed by atoms with Crippen LogP contribution in [0.4, 0.5) is 11.5 Å². The number of fused-ring (bicyclic) bond motifs is 3. The fraction of sp³-hybridized carbons (Fsp3) is 0.147. The summed E-state index contributed by atoms with van der Waals surface area (Å²) in [5.41, 5.74) is 1.83. The molecule has 3 N–H and O–H groups in total. The normalized spacial score (nSPS) is 14.4. The molecule has 7 rings (SSSR count). The highest BCUT2D eigenvalue weighted by atomic mass is 35.5. The third kappa shape index (κ3) is 4.70. The molecule has 3 aromatic heterocycles. The van der Waals surface area contributed by atoms with Crippen molar-refractivity contribution in [2.24, 2.45) is 0 Å². The standard InChI is InChI=1S/C34H27ClN6O4/c1-18(39-31-27-24(42)14-15-36-30(27)37-17-38-31)29-28(35)22-11-7-10-21(26(22)32(43)41(29)20-8-5-4-6-9-20)19-12-13-25-23(16-19)40-33(44)34(2,3)45-25/h4-18H,1-3H3,(H,40,44)(H2,36,37,38,39,42)/t18-/m0/s1. The average molecular weight is 619 g/mol. The maximum Gasteiger partial charge on any atom is 0.268 e. The Morgan fingerprint density at radius 1 is 0.956 bits per heavy atom. The van der Waals surface area contributed by atoms with Gasteiger partial charge >= 0.3 is 0 Å². The second-order valence-electron chi connectivity index (χ2n) is 11.3. The first-order chi connectivity index (χ1) is 21.6. The van der Waals surface area contributed by atoms with Crippen molar-refractivity contribution < 1.29 is 9.53 Å². The molecular weight excluding hydrogens is 592 g/mol. The molecule has 1 amide bonds. The van der Waals surface area contributed by atoms with Gasteiger partial charge in [-0.15, -0.1) is 0 Å². The van der Waals surface area contributed by atoms with Gasteiger partial charge in [-0.3, -0.25) is 19.0 Å². The summed E-state index contributed by atoms with van der Waals surface area (Å²) in [4.78, 5) is 51.5. The van der Waals surface area contributed by atoms with Crippen LogP contribution in [0, 0.1) is 0 Å². The molecule has 10 nitrogen and oxygen atoms in total. The number of halogens is 1. The number of aromatic amines is 1. The lowest BCUT2D eigenvalue weighted by atomic mass is 9.96. The highest BCUT2D eigenvalue weighted by Crippen LogP contribution is 2.40. The zero-order chi connectivity index (χ0) is 31.5. The number of benzene rings is 3. The lowest BCUT2D eigenvalue weighted by Gasteiger charge is -2.31. The second kappa shape index (κ2) is 10.6. The summed E-state index contributed by atoms with van der Waals surface area (Å²) in [6.45, 7) is 5.27. The molecule has 1 aliphatic rings. The first kappa shape index (κ1) is 28.3. The summed E-state index contributed by atoms with van der Waals surface area (Å²) >= 11 is 7.23. The lowest BCUT2D eigenvalue weighted by molar-refractivity contribution is -0.129. The molecular formula is C34H27ClN6O4. The Kier molecular flexibility index (Phi) is 6.67. The third-order valence-corrected chi connectivity index (χ3v) is 8.36. The van der Waals surface area contributed by atoms with Crippen LogP contribution in [0.25, 0.3) is 38.6 Å². The van der Waals surface area contributed by atoms with Gasteiger partial charge in [0.05, 0.1) is 27.8 Å². The molecule has 45 heavy (non-hydrogen) atoms. The van der Waals surface area contributed by atoms with E-state index in [1.807, 2.05) is 61.5 Å². The number of nitrogens with one attached hydrogen (secondary N) is 3. The van der Waals surface area contributed by atoms with Crippen molar-refractivity contribution in [3.05, 3.63) is 117 Å². The van der Waals surface area contributed by atoms with E-state index in [0.29, 0.717) is 66.6 Å². The first-order valence-electron chi connectivity index (χ1n) is 14.3. The van der Waals surface area contributed by atoms with Crippen LogP contribution in [0.5, 0.6) is 5.75 Å². The third-order valence-electron chi connectivity index (χ3n) is 7.96. The van der Waals surface area contributed by atoms with Gasteiger partial charge in [-0.25, -0.2) is 9.97 Å². The van der Waals surface area contributed by atoms with E-state index in [-0.39, 0.29) is 16.9 Å². The number of rotatable bonds is 5. The van der Waals surface area contributed by atoms with Crippen molar-refractivity contribution in [1.82, 2.24) is 19.5 Å². The van der Waals surface area contributed by atoms with E-state index in [1.54, 1.807) is 30.5 Å². The summed E-state index contributed by atoms with van der Waals surface area (Å²) in [6, 6.07) is 21.0. The molecule has 0 bridgehead atoms. The topological polar surface area (TPSA) is 131 Å². The van der Waals surface area contributed by atoms with Gasteiger partial charge in [0, 0.05) is 23.3 Å². The first-order valence-corrected chi connectivity index (χ1v) is 14.7. The Morgan fingerprint density at radius 2 is 1.76 bits per heavy atom. The molecule has 1 atom stereocenters. The van der Waals surface area contributed by atoms with Crippen LogP contribution in [0.1, 0.15) is 32.5 Å². The minimum Gasteiger partial charge on any atom is -0.476 e. The number of aromatic nitrogens is 4. The van der Waals surface area contributed by atoms with Crippen LogP contribution >= 0.6 is 11.6 Å². The molecule has 0 fully saturated rings. The van der Waals surface area contributed by atoms with E-state index < -0.39 is 11.6 Å². The average Bonchev–Trinajstić information content (AvgIpc) is 3.03. The van der Waals surface area contributed by atoms with E-state index in [2.05, 4.69) is 25.6 Å². The van der Waals surface area contributed by atoms with Crippen LogP contribution in [0.3, 0.4) is 0 Å². The summed E-state index contributed by atoms with van der Waals surface area (Å²) < 4.78 is 7.51. The Bertz CT molecular complexity index is 2270. The SMILES string of the molecule is C[C@H](Nc1ncnc2[nH]ccc(=O)c12)c1c(Cl)c2cccc(-c3ccc4c(c3)NC(=O)C(C)(C)O4)c2c(=O)n1-c1ccccc1. The molecule has 0 spiro atoms. The summed E-state index contributed by atoms with van der Waals surface area (Å²) in [7, 11) is 0. The summed E-state index contributed by atoms with van der Waals surface area (Å²) in [6.07, 6.45) is 2.89. The molecule has 0 aliphatic carbocycles. The summed E-state index contributed by atoms with van der Waals surface area (Å²) in [5, 5.41) is 7.85. The maximum atomic E-state index is 14.6. The number of H-pyrrole nitrogens is 1. The van der Waals surface area contributed by atoms with Gasteiger partial charge < -0.3 is 20.4 Å². The van der Waals surface area contributed by atoms with Crippen molar-refractivity contribution in [2.75, 3.05) is 10.6 Å². The smallest absolute Gasteiger partial charge is 0.268 e. The van der Waals surface area contributed by atoms with Gasteiger partial charge in [0.15, 0.2) is 11.0 Å². The Labute approximate surface area is 261 Å². The highest BCUT2D eigenvalue weighted by molar-refractivity contribution is 6.36. The van der Waals surface area contributed by atoms with Gasteiger partial charge in [0.25, 0.3) is 11.5 Å². The van der Waals surface area contributed by atoms with Gasteiger partial charge in [-0.1, -0.05) is 54.1 Å². The van der Waals surface area contributed by atoms with Crippen LogP contribution in [0.2, 0.25) is 5.02 Å². The molecule has 11 heteroatoms. The van der Waals surface area contributed by atoms with Gasteiger partial charge in [-0.2, -0.15) is 0 Å². The van der Waals surface area contributed by atoms with Gasteiger partial charge in [0.2, 0.25) is 0 Å². The molecule has 0 unspecified atom stereocenters. The van der Waals surface area contributed by atoms with Crippen molar-refractivity contribution in [3.63, 3.8) is 0 Å². The molecule has 3 aromatic carbocycles. The van der Waals surface area contributed by atoms with E-state index in [0.717, 1.165) is 0 Å². The van der Waals surface area contributed by atoms with E-state index in [4.69, 9.17) is 16.3 Å². The number of nitrogens with zero attached hydrogens (tertiary/aromatic N) is 3. The number of para-hydroxylation sites is 1. The number of ether oxygens (including phenoxy) is 1. The number of anilines is 2. The number of hydrogen-bond donors (Lipinski definition) is 3. The van der Waals surface area contributed by atoms with E-state index in [1.165, 1.54) is 18.6 Å². The maximum absolute atomic E-state index is 14.6. The Hall–Kier alpha value is -5.48. The molecule has 1 aliphatic heterocycles. The highest BCUT2D eigenvalue weighted by Gasteiger charge is 2.35. The van der Waals surface area contributed by atoms with E-state index in [9.17, 15) is 14.4 Å². The van der Waals surface area contributed by atoms with Crippen LogP contribution < -0.4 is 26.4 Å². The second-order valence-corrected chi connectivity index (χ2v) is 11.7. The minimum atomic E-state index is -1.00. The fourth-order valence-corrected chi connectivity index (χ4v) is 6.16. The molecule has 0 radical (unpaired) electrons. The monoisotopic (exact) mass is 618 g/mol. The fourth-order valence-electron chi connectivity index (χ4n) is 5.75. The van der Waals surface area contributed by atoms with Crippen LogP contribution in [0.15, 0.2) is 94.9 Å². The molecule has 0 saturated heterocycles. The zero-order valence-corrected chi connectivity index (χ0v) is 25.3. The van der Waals surface area contributed by atoms with Crippen LogP contribution in [-0.2, 0) is 4.79 Å². The van der Waals surface area contributed by atoms with Crippen molar-refractivity contribution in [1.29, 1.82) is 0 Å². The summed E-state index contributed by atoms with van der Waals surface area (Å²) in [5.74, 6) is 0.596. The van der Waals surface area contributed by atoms with E-state index >= 15 is 0 Å². The van der Waals surface area contributed by atoms with Crippen molar-refractivity contribution in [2.45, 2.75) is 32.4 Å². The number of pyridine rings is 2. The number of carbonyl (C=O) groups is 1. The molecule has 6 aromatic rings. The van der Waals surface area contributed by atoms with Crippen molar-refractivity contribution >= 4 is 50.8 Å². The van der Waals surface area contributed by atoms with Crippen LogP contribution in [-0.4, -0.2) is 31.0 Å². The molecule has 224 valence electrons. The number of carbonyl (C=O) groups excluding carboxylic acids is 1. The number of amides is 1. The molecule has 4 heterocycles. The van der Waals surface area contributed by atoms with Gasteiger partial charge in [-0.05, 0) is 56.2 Å². The zero-order valence-electron chi connectivity index (χ0n) is 24.5. The lowest BCUT2D eigenvalue weighted by Crippen LogP contribution is -2.45. The van der Waals surface area contributed by atoms with Crippen molar-refractivity contribution in [3.8, 4) is 22.6 Å². The molecule has 0 saturated carbocycles. The number of hydrogen-bond acceptors (Lipinski definition) is 7. The minimum absolute atomic E-state index is 0.246. The quantitative estimate of drug-likeness (QED) is 0.209. The van der Waals surface area contributed by atoms with Gasteiger partial charge in [0.1, 0.15) is 28.9 Å². The largest absolute Gasteiger partial charge is 0.476 e. The predicted octanol–water partition coefficient (Wildman–Crippen LogP) is 6.23. The Morgan fingerprint density at radius 3 is 2.56 bits per heavy atom.